The molecule has 2 rings (SSSR count). The Morgan fingerprint density at radius 1 is 1.29 bits per heavy atom. The zero-order valence-corrected chi connectivity index (χ0v) is 13.1. The summed E-state index contributed by atoms with van der Waals surface area (Å²) in [6, 6.07) is 13.7. The summed E-state index contributed by atoms with van der Waals surface area (Å²) in [6.07, 6.45) is 0. The fraction of sp³-hybridized carbons (Fsp3) is 0.0667. The molecule has 0 bridgehead atoms. The van der Waals surface area contributed by atoms with Crippen molar-refractivity contribution in [1.82, 2.24) is 0 Å². The maximum atomic E-state index is 11.8. The second-order valence-corrected chi connectivity index (χ2v) is 5.42. The smallest absolute Gasteiger partial charge is 0.262 e. The van der Waals surface area contributed by atoms with Gasteiger partial charge in [-0.1, -0.05) is 27.5 Å². The van der Waals surface area contributed by atoms with Gasteiger partial charge >= 0.3 is 0 Å². The Kier molecular flexibility index (Phi) is 5.20. The highest BCUT2D eigenvalue weighted by atomic mass is 79.9. The number of nitriles is 1. The molecule has 0 unspecified atom stereocenters. The molecular weight excluding hydrogens is 356 g/mol. The predicted octanol–water partition coefficient (Wildman–Crippen LogP) is 3.99. The van der Waals surface area contributed by atoms with Gasteiger partial charge in [-0.2, -0.15) is 5.26 Å². The Hall–Kier alpha value is -2.03. The van der Waals surface area contributed by atoms with Gasteiger partial charge in [-0.15, -0.1) is 0 Å². The first-order valence-corrected chi connectivity index (χ1v) is 7.13. The van der Waals surface area contributed by atoms with E-state index >= 15 is 0 Å². The van der Waals surface area contributed by atoms with Gasteiger partial charge in [0.1, 0.15) is 5.75 Å². The van der Waals surface area contributed by atoms with E-state index in [1.807, 2.05) is 6.07 Å². The summed E-state index contributed by atoms with van der Waals surface area (Å²) in [7, 11) is 0. The summed E-state index contributed by atoms with van der Waals surface area (Å²) in [5, 5.41) is 11.8. The molecule has 0 aliphatic heterocycles. The van der Waals surface area contributed by atoms with Gasteiger partial charge in [-0.05, 0) is 42.5 Å². The van der Waals surface area contributed by atoms with Crippen LogP contribution in [-0.2, 0) is 4.79 Å². The Labute approximate surface area is 135 Å². The summed E-state index contributed by atoms with van der Waals surface area (Å²) >= 11 is 9.28. The van der Waals surface area contributed by atoms with Gasteiger partial charge in [0.15, 0.2) is 6.61 Å². The number of halogens is 2. The third kappa shape index (κ3) is 4.48. The molecule has 21 heavy (non-hydrogen) atoms. The largest absolute Gasteiger partial charge is 0.482 e. The molecule has 4 nitrogen and oxygen atoms in total. The normalized spacial score (nSPS) is 9.76. The van der Waals surface area contributed by atoms with Crippen LogP contribution >= 0.6 is 27.5 Å². The van der Waals surface area contributed by atoms with Crippen LogP contribution in [0.1, 0.15) is 5.56 Å². The van der Waals surface area contributed by atoms with Crippen molar-refractivity contribution < 1.29 is 9.53 Å². The number of ether oxygens (including phenoxy) is 1. The van der Waals surface area contributed by atoms with E-state index < -0.39 is 0 Å². The first-order valence-electron chi connectivity index (χ1n) is 5.96. The van der Waals surface area contributed by atoms with Crippen molar-refractivity contribution in [2.75, 3.05) is 11.9 Å². The molecule has 0 saturated heterocycles. The van der Waals surface area contributed by atoms with Gasteiger partial charge in [0.2, 0.25) is 0 Å². The zero-order chi connectivity index (χ0) is 15.2. The average Bonchev–Trinajstić information content (AvgIpc) is 2.47. The van der Waals surface area contributed by atoms with Gasteiger partial charge in [-0.3, -0.25) is 4.79 Å². The number of amides is 1. The van der Waals surface area contributed by atoms with Crippen LogP contribution in [0.15, 0.2) is 46.9 Å². The molecule has 0 radical (unpaired) electrons. The van der Waals surface area contributed by atoms with Crippen molar-refractivity contribution in [1.29, 1.82) is 5.26 Å². The number of nitrogens with zero attached hydrogens (tertiary/aromatic N) is 1. The third-order valence-corrected chi connectivity index (χ3v) is 3.34. The van der Waals surface area contributed by atoms with Crippen molar-refractivity contribution in [2.24, 2.45) is 0 Å². The lowest BCUT2D eigenvalue weighted by molar-refractivity contribution is -0.118. The standard InChI is InChI=1S/C15H10BrClN2O2/c16-11-3-6-14(13(17)7-11)21-9-15(20)19-12-4-1-10(8-18)2-5-12/h1-7H,9H2,(H,19,20). The van der Waals surface area contributed by atoms with E-state index in [0.29, 0.717) is 22.0 Å². The first-order chi connectivity index (χ1) is 10.1. The molecular formula is C15H10BrClN2O2. The molecule has 2 aromatic carbocycles. The molecule has 0 fully saturated rings. The van der Waals surface area contributed by atoms with E-state index in [2.05, 4.69) is 21.2 Å². The molecule has 0 spiro atoms. The van der Waals surface area contributed by atoms with Gasteiger partial charge in [-0.25, -0.2) is 0 Å². The van der Waals surface area contributed by atoms with E-state index in [-0.39, 0.29) is 12.5 Å². The van der Waals surface area contributed by atoms with Crippen LogP contribution in [0.4, 0.5) is 5.69 Å². The van der Waals surface area contributed by atoms with Crippen molar-refractivity contribution in [2.45, 2.75) is 0 Å². The second kappa shape index (κ2) is 7.11. The lowest BCUT2D eigenvalue weighted by Crippen LogP contribution is -2.20. The number of carbonyl (C=O) groups is 1. The monoisotopic (exact) mass is 364 g/mol. The number of rotatable bonds is 4. The van der Waals surface area contributed by atoms with Crippen LogP contribution in [-0.4, -0.2) is 12.5 Å². The molecule has 0 aliphatic carbocycles. The quantitative estimate of drug-likeness (QED) is 0.891. The Morgan fingerprint density at radius 2 is 2.00 bits per heavy atom. The minimum absolute atomic E-state index is 0.151. The van der Waals surface area contributed by atoms with Crippen molar-refractivity contribution in [3.63, 3.8) is 0 Å². The molecule has 1 amide bonds. The minimum atomic E-state index is -0.307. The number of hydrogen-bond donors (Lipinski definition) is 1. The number of benzene rings is 2. The van der Waals surface area contributed by atoms with Gasteiger partial charge in [0.05, 0.1) is 16.7 Å². The number of nitrogens with one attached hydrogen (secondary N) is 1. The van der Waals surface area contributed by atoms with E-state index in [4.69, 9.17) is 21.6 Å². The Balaban J connectivity index is 1.91. The molecule has 6 heteroatoms. The molecule has 106 valence electrons. The van der Waals surface area contributed by atoms with Crippen LogP contribution in [0.25, 0.3) is 0 Å². The third-order valence-electron chi connectivity index (χ3n) is 2.55. The van der Waals surface area contributed by atoms with Crippen LogP contribution in [0.2, 0.25) is 5.02 Å². The maximum Gasteiger partial charge on any atom is 0.262 e. The van der Waals surface area contributed by atoms with E-state index in [9.17, 15) is 4.79 Å². The van der Waals surface area contributed by atoms with E-state index in [1.54, 1.807) is 42.5 Å². The van der Waals surface area contributed by atoms with Crippen LogP contribution in [0.5, 0.6) is 5.75 Å². The van der Waals surface area contributed by atoms with Crippen molar-refractivity contribution in [3.8, 4) is 11.8 Å². The van der Waals surface area contributed by atoms with E-state index in [0.717, 1.165) is 4.47 Å². The van der Waals surface area contributed by atoms with Gasteiger partial charge in [0.25, 0.3) is 5.91 Å². The Bertz CT molecular complexity index is 696. The molecule has 0 aliphatic rings. The minimum Gasteiger partial charge on any atom is -0.482 e. The zero-order valence-electron chi connectivity index (χ0n) is 10.8. The molecule has 1 N–H and O–H groups in total. The highest BCUT2D eigenvalue weighted by molar-refractivity contribution is 9.10. The molecule has 0 atom stereocenters. The SMILES string of the molecule is N#Cc1ccc(NC(=O)COc2ccc(Br)cc2Cl)cc1. The fourth-order valence-electron chi connectivity index (χ4n) is 1.56. The van der Waals surface area contributed by atoms with Crippen LogP contribution in [0, 0.1) is 11.3 Å². The van der Waals surface area contributed by atoms with Crippen molar-refractivity contribution >= 4 is 39.1 Å². The second-order valence-electron chi connectivity index (χ2n) is 4.10. The van der Waals surface area contributed by atoms with Gasteiger partial charge < -0.3 is 10.1 Å². The lowest BCUT2D eigenvalue weighted by Gasteiger charge is -2.09. The highest BCUT2D eigenvalue weighted by Crippen LogP contribution is 2.27. The fourth-order valence-corrected chi connectivity index (χ4v) is 2.29. The van der Waals surface area contributed by atoms with Crippen molar-refractivity contribution in [3.05, 3.63) is 57.5 Å². The molecule has 0 aromatic heterocycles. The summed E-state index contributed by atoms with van der Waals surface area (Å²) in [5.41, 5.74) is 1.13. The highest BCUT2D eigenvalue weighted by Gasteiger charge is 2.07. The first kappa shape index (κ1) is 15.4. The van der Waals surface area contributed by atoms with Crippen LogP contribution in [0.3, 0.4) is 0 Å². The molecule has 2 aromatic rings. The van der Waals surface area contributed by atoms with E-state index in [1.165, 1.54) is 0 Å². The topological polar surface area (TPSA) is 62.1 Å². The summed E-state index contributed by atoms with van der Waals surface area (Å²) < 4.78 is 6.19. The Morgan fingerprint density at radius 3 is 2.62 bits per heavy atom. The summed E-state index contributed by atoms with van der Waals surface area (Å²) in [5.74, 6) is 0.133. The number of anilines is 1. The predicted molar refractivity (Wildman–Crippen MR) is 84.4 cm³/mol. The maximum absolute atomic E-state index is 11.8. The summed E-state index contributed by atoms with van der Waals surface area (Å²) in [6.45, 7) is -0.151. The number of hydrogen-bond acceptors (Lipinski definition) is 3. The molecule has 0 saturated carbocycles. The lowest BCUT2D eigenvalue weighted by atomic mass is 10.2. The van der Waals surface area contributed by atoms with Crippen LogP contribution < -0.4 is 10.1 Å². The summed E-state index contributed by atoms with van der Waals surface area (Å²) in [4.78, 5) is 11.8. The number of carbonyl (C=O) groups excluding carboxylic acids is 1. The van der Waals surface area contributed by atoms with Gasteiger partial charge in [0, 0.05) is 10.2 Å². The average molecular weight is 366 g/mol. The molecule has 0 heterocycles.